The van der Waals surface area contributed by atoms with Crippen LogP contribution < -0.4 is 4.74 Å². The molecule has 1 saturated heterocycles. The number of piperidine rings is 1. The van der Waals surface area contributed by atoms with E-state index in [1.807, 2.05) is 34.7 Å². The number of hydrogen-bond acceptors (Lipinski definition) is 3. The molecule has 0 radical (unpaired) electrons. The predicted molar refractivity (Wildman–Crippen MR) is 88.0 cm³/mol. The summed E-state index contributed by atoms with van der Waals surface area (Å²) in [5.74, 6) is -1.72. The first-order valence-electron chi connectivity index (χ1n) is 8.09. The second-order valence-corrected chi connectivity index (χ2v) is 7.85. The molecule has 0 amide bonds. The van der Waals surface area contributed by atoms with Crippen molar-refractivity contribution in [1.82, 2.24) is 4.90 Å². The minimum Gasteiger partial charge on any atom is -0.490 e. The smallest absolute Gasteiger partial charge is 0.419 e. The molecule has 2 rings (SSSR count). The lowest BCUT2D eigenvalue weighted by Crippen LogP contribution is -2.60. The number of alkyl halides is 3. The van der Waals surface area contributed by atoms with Crippen molar-refractivity contribution in [3.8, 4) is 5.75 Å². The van der Waals surface area contributed by atoms with Crippen LogP contribution in [-0.4, -0.2) is 40.2 Å². The topological polar surface area (TPSA) is 49.8 Å². The van der Waals surface area contributed by atoms with Crippen LogP contribution in [-0.2, 0) is 6.18 Å². The Bertz CT molecular complexity index is 650. The van der Waals surface area contributed by atoms with Crippen LogP contribution >= 0.6 is 0 Å². The molecule has 1 N–H and O–H groups in total. The van der Waals surface area contributed by atoms with Gasteiger partial charge in [0.1, 0.15) is 11.9 Å². The predicted octanol–water partition coefficient (Wildman–Crippen LogP) is 4.43. The SMILES string of the molecule is CN1C(C)(C)CC(Oc2ccc(C(=O)O)cc2C(F)(F)F)CC1(C)C. The molecule has 0 bridgehead atoms. The molecule has 0 spiro atoms. The maximum absolute atomic E-state index is 13.3. The molecule has 1 heterocycles. The third-order valence-electron chi connectivity index (χ3n) is 5.10. The number of benzene rings is 1. The first-order chi connectivity index (χ1) is 11.2. The molecule has 1 aliphatic rings. The fraction of sp³-hybridized carbons (Fsp3) is 0.611. The van der Waals surface area contributed by atoms with Gasteiger partial charge in [0, 0.05) is 23.9 Å². The lowest BCUT2D eigenvalue weighted by Gasteiger charge is -2.53. The minimum atomic E-state index is -4.68. The van der Waals surface area contributed by atoms with Gasteiger partial charge >= 0.3 is 12.1 Å². The third kappa shape index (κ3) is 4.08. The number of carboxylic acids is 1. The number of halogens is 3. The van der Waals surface area contributed by atoms with Crippen molar-refractivity contribution in [3.63, 3.8) is 0 Å². The van der Waals surface area contributed by atoms with Crippen molar-refractivity contribution in [1.29, 1.82) is 0 Å². The largest absolute Gasteiger partial charge is 0.490 e. The fourth-order valence-corrected chi connectivity index (χ4v) is 3.53. The molecular formula is C18H24F3NO3. The number of hydrogen-bond donors (Lipinski definition) is 1. The minimum absolute atomic E-state index is 0.230. The maximum Gasteiger partial charge on any atom is 0.419 e. The standard InChI is InChI=1S/C18H24F3NO3/c1-16(2)9-12(10-17(3,4)22(16)5)25-14-7-6-11(15(23)24)8-13(14)18(19,20)21/h6-8,12H,9-10H2,1-5H3,(H,23,24). The Morgan fingerprint density at radius 2 is 1.72 bits per heavy atom. The molecule has 1 aromatic carbocycles. The normalized spacial score (nSPS) is 21.1. The van der Waals surface area contributed by atoms with Crippen molar-refractivity contribution in [2.45, 2.75) is 63.9 Å². The molecule has 0 aliphatic carbocycles. The van der Waals surface area contributed by atoms with E-state index in [-0.39, 0.29) is 16.8 Å². The van der Waals surface area contributed by atoms with E-state index in [1.54, 1.807) is 0 Å². The Balaban J connectivity index is 2.35. The van der Waals surface area contributed by atoms with Gasteiger partial charge in [-0.05, 0) is 52.9 Å². The quantitative estimate of drug-likeness (QED) is 0.867. The number of carboxylic acid groups (broad SMARTS) is 1. The number of carbonyl (C=O) groups is 1. The van der Waals surface area contributed by atoms with E-state index in [4.69, 9.17) is 9.84 Å². The van der Waals surface area contributed by atoms with E-state index < -0.39 is 29.4 Å². The van der Waals surface area contributed by atoms with Crippen molar-refractivity contribution >= 4 is 5.97 Å². The Labute approximate surface area is 145 Å². The molecule has 7 heteroatoms. The highest BCUT2D eigenvalue weighted by Gasteiger charge is 2.45. The molecule has 0 saturated carbocycles. The molecule has 0 unspecified atom stereocenters. The van der Waals surface area contributed by atoms with Gasteiger partial charge in [0.15, 0.2) is 0 Å². The number of aromatic carboxylic acids is 1. The highest BCUT2D eigenvalue weighted by atomic mass is 19.4. The van der Waals surface area contributed by atoms with Gasteiger partial charge in [-0.15, -0.1) is 0 Å². The van der Waals surface area contributed by atoms with E-state index >= 15 is 0 Å². The number of nitrogens with zero attached hydrogens (tertiary/aromatic N) is 1. The molecule has 1 aromatic rings. The lowest BCUT2D eigenvalue weighted by molar-refractivity contribution is -0.140. The first kappa shape index (κ1) is 19.6. The van der Waals surface area contributed by atoms with Crippen LogP contribution in [0.2, 0.25) is 0 Å². The van der Waals surface area contributed by atoms with Crippen molar-refractivity contribution < 1.29 is 27.8 Å². The van der Waals surface area contributed by atoms with Crippen LogP contribution in [0.3, 0.4) is 0 Å². The average molecular weight is 359 g/mol. The summed E-state index contributed by atoms with van der Waals surface area (Å²) in [4.78, 5) is 13.2. The lowest BCUT2D eigenvalue weighted by atomic mass is 9.78. The number of ether oxygens (including phenoxy) is 1. The number of likely N-dealkylation sites (tertiary alicyclic amines) is 1. The average Bonchev–Trinajstić information content (AvgIpc) is 2.43. The van der Waals surface area contributed by atoms with E-state index in [0.29, 0.717) is 18.9 Å². The fourth-order valence-electron chi connectivity index (χ4n) is 3.53. The van der Waals surface area contributed by atoms with E-state index in [2.05, 4.69) is 4.90 Å². The van der Waals surface area contributed by atoms with Crippen molar-refractivity contribution in [3.05, 3.63) is 29.3 Å². The van der Waals surface area contributed by atoms with Crippen LogP contribution in [0.15, 0.2) is 18.2 Å². The first-order valence-corrected chi connectivity index (χ1v) is 8.09. The summed E-state index contributed by atoms with van der Waals surface area (Å²) in [6, 6.07) is 2.87. The summed E-state index contributed by atoms with van der Waals surface area (Å²) < 4.78 is 45.7. The molecule has 0 atom stereocenters. The zero-order valence-electron chi connectivity index (χ0n) is 15.1. The van der Waals surface area contributed by atoms with E-state index in [9.17, 15) is 18.0 Å². The Hall–Kier alpha value is -1.76. The van der Waals surface area contributed by atoms with Gasteiger partial charge in [-0.1, -0.05) is 0 Å². The summed E-state index contributed by atoms with van der Waals surface area (Å²) in [5, 5.41) is 8.94. The summed E-state index contributed by atoms with van der Waals surface area (Å²) >= 11 is 0. The monoisotopic (exact) mass is 359 g/mol. The molecule has 4 nitrogen and oxygen atoms in total. The van der Waals surface area contributed by atoms with Gasteiger partial charge < -0.3 is 9.84 Å². The summed E-state index contributed by atoms with van der Waals surface area (Å²) in [7, 11) is 2.00. The Kier molecular flexibility index (Phi) is 4.85. The molecule has 140 valence electrons. The molecule has 1 fully saturated rings. The van der Waals surface area contributed by atoms with Gasteiger partial charge in [0.2, 0.25) is 0 Å². The number of rotatable bonds is 3. The van der Waals surface area contributed by atoms with Gasteiger partial charge in [-0.3, -0.25) is 4.90 Å². The zero-order valence-corrected chi connectivity index (χ0v) is 15.1. The molecule has 25 heavy (non-hydrogen) atoms. The van der Waals surface area contributed by atoms with Crippen LogP contribution in [0.5, 0.6) is 5.75 Å². The van der Waals surface area contributed by atoms with Crippen LogP contribution in [0, 0.1) is 0 Å². The van der Waals surface area contributed by atoms with Crippen LogP contribution in [0.25, 0.3) is 0 Å². The second kappa shape index (κ2) is 6.20. The molecular weight excluding hydrogens is 335 g/mol. The second-order valence-electron chi connectivity index (χ2n) is 7.85. The highest BCUT2D eigenvalue weighted by Crippen LogP contribution is 2.41. The molecule has 1 aliphatic heterocycles. The highest BCUT2D eigenvalue weighted by molar-refractivity contribution is 5.88. The van der Waals surface area contributed by atoms with Crippen molar-refractivity contribution in [2.24, 2.45) is 0 Å². The summed E-state index contributed by atoms with van der Waals surface area (Å²) in [6.45, 7) is 8.12. The summed E-state index contributed by atoms with van der Waals surface area (Å²) in [5.41, 5.74) is -1.93. The summed E-state index contributed by atoms with van der Waals surface area (Å²) in [6.07, 6.45) is -3.93. The zero-order chi connectivity index (χ0) is 19.2. The van der Waals surface area contributed by atoms with Gasteiger partial charge in [0.25, 0.3) is 0 Å². The van der Waals surface area contributed by atoms with E-state index in [1.165, 1.54) is 0 Å². The van der Waals surface area contributed by atoms with Crippen molar-refractivity contribution in [2.75, 3.05) is 7.05 Å². The maximum atomic E-state index is 13.3. The van der Waals surface area contributed by atoms with Gasteiger partial charge in [-0.25, -0.2) is 4.79 Å². The van der Waals surface area contributed by atoms with Crippen LogP contribution in [0.4, 0.5) is 13.2 Å². The van der Waals surface area contributed by atoms with Gasteiger partial charge in [0.05, 0.1) is 11.1 Å². The van der Waals surface area contributed by atoms with Gasteiger partial charge in [-0.2, -0.15) is 13.2 Å². The third-order valence-corrected chi connectivity index (χ3v) is 5.10. The van der Waals surface area contributed by atoms with E-state index in [0.717, 1.165) is 12.1 Å². The Morgan fingerprint density at radius 3 is 2.16 bits per heavy atom. The Morgan fingerprint density at radius 1 is 1.20 bits per heavy atom. The molecule has 0 aromatic heterocycles. The van der Waals surface area contributed by atoms with Crippen LogP contribution in [0.1, 0.15) is 56.5 Å².